The number of fused-ring (bicyclic) bond motifs is 9. The molecule has 0 aliphatic rings. The standard InChI is InChI=1S/C51H31N5O/c1-4-15-32(16-5-1)49-52-50(33-17-6-2-7-18-33)54-51(53-49)34-19-14-22-36(27-34)56-45-28-39-37-23-10-12-25-43(37)55(35-20-8-3-9-21-35)44(39)29-40(45)41-31-48-42(30-46(41)56)38-24-11-13-26-47(38)57-48/h1-31H. The van der Waals surface area contributed by atoms with Crippen LogP contribution in [0.5, 0.6) is 0 Å². The highest BCUT2D eigenvalue weighted by molar-refractivity contribution is 6.22. The van der Waals surface area contributed by atoms with Gasteiger partial charge in [0.05, 0.1) is 22.1 Å². The molecule has 57 heavy (non-hydrogen) atoms. The molecule has 12 rings (SSSR count). The zero-order valence-corrected chi connectivity index (χ0v) is 30.5. The van der Waals surface area contributed by atoms with Gasteiger partial charge in [-0.3, -0.25) is 0 Å². The summed E-state index contributed by atoms with van der Waals surface area (Å²) in [6.45, 7) is 0. The molecule has 8 aromatic carbocycles. The van der Waals surface area contributed by atoms with Crippen molar-refractivity contribution in [2.75, 3.05) is 0 Å². The van der Waals surface area contributed by atoms with Gasteiger partial charge in [0.2, 0.25) is 0 Å². The summed E-state index contributed by atoms with van der Waals surface area (Å²) >= 11 is 0. The molecule has 6 nitrogen and oxygen atoms in total. The first-order valence-corrected chi connectivity index (χ1v) is 19.1. The van der Waals surface area contributed by atoms with Crippen LogP contribution in [0, 0.1) is 0 Å². The minimum atomic E-state index is 0.613. The second-order valence-corrected chi connectivity index (χ2v) is 14.5. The van der Waals surface area contributed by atoms with Crippen molar-refractivity contribution >= 4 is 65.6 Å². The minimum Gasteiger partial charge on any atom is -0.456 e. The highest BCUT2D eigenvalue weighted by Gasteiger charge is 2.21. The van der Waals surface area contributed by atoms with Gasteiger partial charge in [0.25, 0.3) is 0 Å². The fraction of sp³-hybridized carbons (Fsp3) is 0. The Hall–Kier alpha value is -7.83. The molecule has 4 heterocycles. The van der Waals surface area contributed by atoms with E-state index in [1.807, 2.05) is 72.8 Å². The predicted molar refractivity (Wildman–Crippen MR) is 232 cm³/mol. The maximum absolute atomic E-state index is 6.49. The van der Waals surface area contributed by atoms with Gasteiger partial charge in [0.15, 0.2) is 17.5 Å². The molecule has 0 unspecified atom stereocenters. The van der Waals surface area contributed by atoms with E-state index in [0.29, 0.717) is 17.5 Å². The highest BCUT2D eigenvalue weighted by Crippen LogP contribution is 2.42. The van der Waals surface area contributed by atoms with Gasteiger partial charge >= 0.3 is 0 Å². The SMILES string of the molecule is c1ccc(-c2nc(-c3ccccc3)nc(-c3cccc(-n4c5cc6c(cc5c5cc7c(cc54)c4ccccc4n7-c4ccccc4)oc4ccccc46)c3)n2)cc1. The van der Waals surface area contributed by atoms with E-state index in [1.165, 1.54) is 16.3 Å². The van der Waals surface area contributed by atoms with Crippen molar-refractivity contribution in [2.45, 2.75) is 0 Å². The van der Waals surface area contributed by atoms with Crippen LogP contribution in [0.1, 0.15) is 0 Å². The summed E-state index contributed by atoms with van der Waals surface area (Å²) < 4.78 is 11.3. The maximum Gasteiger partial charge on any atom is 0.164 e. The van der Waals surface area contributed by atoms with Crippen LogP contribution in [0.15, 0.2) is 192 Å². The van der Waals surface area contributed by atoms with E-state index in [4.69, 9.17) is 19.4 Å². The third-order valence-corrected chi connectivity index (χ3v) is 11.1. The molecule has 0 atom stereocenters. The van der Waals surface area contributed by atoms with Crippen molar-refractivity contribution in [3.05, 3.63) is 188 Å². The lowest BCUT2D eigenvalue weighted by Crippen LogP contribution is -2.01. The van der Waals surface area contributed by atoms with Crippen molar-refractivity contribution in [1.29, 1.82) is 0 Å². The van der Waals surface area contributed by atoms with Gasteiger partial charge in [-0.15, -0.1) is 0 Å². The predicted octanol–water partition coefficient (Wildman–Crippen LogP) is 13.0. The van der Waals surface area contributed by atoms with Crippen molar-refractivity contribution in [2.24, 2.45) is 0 Å². The van der Waals surface area contributed by atoms with Gasteiger partial charge in [-0.25, -0.2) is 15.0 Å². The Morgan fingerprint density at radius 1 is 0.298 bits per heavy atom. The summed E-state index contributed by atoms with van der Waals surface area (Å²) in [7, 11) is 0. The van der Waals surface area contributed by atoms with Gasteiger partial charge in [-0.05, 0) is 60.7 Å². The van der Waals surface area contributed by atoms with E-state index >= 15 is 0 Å². The first-order chi connectivity index (χ1) is 28.2. The molecule has 0 saturated heterocycles. The molecule has 0 N–H and O–H groups in total. The summed E-state index contributed by atoms with van der Waals surface area (Å²) in [5, 5.41) is 6.83. The van der Waals surface area contributed by atoms with Gasteiger partial charge in [0.1, 0.15) is 11.2 Å². The van der Waals surface area contributed by atoms with E-state index in [2.05, 4.69) is 124 Å². The molecule has 0 amide bonds. The van der Waals surface area contributed by atoms with Gasteiger partial charge < -0.3 is 13.6 Å². The normalized spacial score (nSPS) is 11.9. The molecule has 0 radical (unpaired) electrons. The third-order valence-electron chi connectivity index (χ3n) is 11.1. The average Bonchev–Trinajstić information content (AvgIpc) is 3.92. The Morgan fingerprint density at radius 3 is 1.46 bits per heavy atom. The molecule has 0 aliphatic carbocycles. The van der Waals surface area contributed by atoms with Crippen LogP contribution in [0.4, 0.5) is 0 Å². The Bertz CT molecular complexity index is 3450. The lowest BCUT2D eigenvalue weighted by Gasteiger charge is -2.12. The first-order valence-electron chi connectivity index (χ1n) is 19.1. The molecular formula is C51H31N5O. The van der Waals surface area contributed by atoms with Crippen LogP contribution in [0.3, 0.4) is 0 Å². The van der Waals surface area contributed by atoms with Crippen molar-refractivity contribution in [3.63, 3.8) is 0 Å². The number of hydrogen-bond acceptors (Lipinski definition) is 4. The summed E-state index contributed by atoms with van der Waals surface area (Å²) in [4.78, 5) is 15.1. The molecule has 0 aliphatic heterocycles. The van der Waals surface area contributed by atoms with Crippen molar-refractivity contribution in [3.8, 4) is 45.5 Å². The Labute approximate surface area is 326 Å². The zero-order valence-electron chi connectivity index (χ0n) is 30.5. The summed E-state index contributed by atoms with van der Waals surface area (Å²) in [5.74, 6) is 1.88. The lowest BCUT2D eigenvalue weighted by molar-refractivity contribution is 0.669. The average molecular weight is 730 g/mol. The Balaban J connectivity index is 1.15. The van der Waals surface area contributed by atoms with Crippen molar-refractivity contribution in [1.82, 2.24) is 24.1 Å². The van der Waals surface area contributed by atoms with E-state index in [0.717, 1.165) is 77.3 Å². The summed E-state index contributed by atoms with van der Waals surface area (Å²) in [6.07, 6.45) is 0. The van der Waals surface area contributed by atoms with Crippen molar-refractivity contribution < 1.29 is 4.42 Å². The number of para-hydroxylation sites is 3. The van der Waals surface area contributed by atoms with Crippen LogP contribution in [0.25, 0.3) is 111 Å². The van der Waals surface area contributed by atoms with E-state index in [9.17, 15) is 0 Å². The van der Waals surface area contributed by atoms with E-state index in [1.54, 1.807) is 0 Å². The lowest BCUT2D eigenvalue weighted by atomic mass is 10.1. The summed E-state index contributed by atoms with van der Waals surface area (Å²) in [6, 6.07) is 65.6. The number of aromatic nitrogens is 5. The number of hydrogen-bond donors (Lipinski definition) is 0. The molecule has 6 heteroatoms. The molecule has 0 saturated carbocycles. The summed E-state index contributed by atoms with van der Waals surface area (Å²) in [5.41, 5.74) is 11.2. The zero-order chi connectivity index (χ0) is 37.5. The molecule has 12 aromatic rings. The molecule has 0 spiro atoms. The largest absolute Gasteiger partial charge is 0.456 e. The van der Waals surface area contributed by atoms with Crippen LogP contribution in [-0.4, -0.2) is 24.1 Å². The van der Waals surface area contributed by atoms with Crippen LogP contribution >= 0.6 is 0 Å². The molecule has 0 bridgehead atoms. The highest BCUT2D eigenvalue weighted by atomic mass is 16.3. The van der Waals surface area contributed by atoms with E-state index in [-0.39, 0.29) is 0 Å². The number of nitrogens with zero attached hydrogens (tertiary/aromatic N) is 5. The third kappa shape index (κ3) is 4.94. The van der Waals surface area contributed by atoms with Gasteiger partial charge in [-0.2, -0.15) is 0 Å². The molecule has 0 fully saturated rings. The monoisotopic (exact) mass is 729 g/mol. The number of furan rings is 1. The van der Waals surface area contributed by atoms with Gasteiger partial charge in [0, 0.05) is 60.4 Å². The quantitative estimate of drug-likeness (QED) is 0.177. The van der Waals surface area contributed by atoms with Crippen LogP contribution in [-0.2, 0) is 0 Å². The number of rotatable bonds is 5. The molecular weight excluding hydrogens is 699 g/mol. The fourth-order valence-electron chi connectivity index (χ4n) is 8.55. The smallest absolute Gasteiger partial charge is 0.164 e. The minimum absolute atomic E-state index is 0.613. The van der Waals surface area contributed by atoms with Crippen LogP contribution in [0.2, 0.25) is 0 Å². The second-order valence-electron chi connectivity index (χ2n) is 14.5. The maximum atomic E-state index is 6.49. The number of benzene rings is 8. The van der Waals surface area contributed by atoms with Gasteiger partial charge in [-0.1, -0.05) is 127 Å². The van der Waals surface area contributed by atoms with Crippen LogP contribution < -0.4 is 0 Å². The Morgan fingerprint density at radius 2 is 0.772 bits per heavy atom. The Kier molecular flexibility index (Phi) is 6.83. The molecule has 266 valence electrons. The second kappa shape index (κ2) is 12.3. The fourth-order valence-corrected chi connectivity index (χ4v) is 8.55. The topological polar surface area (TPSA) is 61.7 Å². The molecule has 4 aromatic heterocycles. The first kappa shape index (κ1) is 31.5. The van der Waals surface area contributed by atoms with E-state index < -0.39 is 0 Å².